The van der Waals surface area contributed by atoms with Gasteiger partial charge >= 0.3 is 7.12 Å². The largest absolute Gasteiger partial charge is 0.486 e. The fraction of sp³-hybridized carbons (Fsp3) is 0.385. The first kappa shape index (κ1) is 12.4. The fourth-order valence-corrected chi connectivity index (χ4v) is 1.65. The third-order valence-corrected chi connectivity index (χ3v) is 2.65. The van der Waals surface area contributed by atoms with Gasteiger partial charge in [-0.2, -0.15) is 0 Å². The third-order valence-electron chi connectivity index (χ3n) is 2.65. The Labute approximate surface area is 103 Å². The Bertz CT molecular complexity index is 356. The highest BCUT2D eigenvalue weighted by molar-refractivity contribution is 6.51. The lowest BCUT2D eigenvalue weighted by Crippen LogP contribution is -2.34. The van der Waals surface area contributed by atoms with Gasteiger partial charge in [0.2, 0.25) is 0 Å². The maximum absolute atomic E-state index is 5.56. The molecule has 0 aromatic heterocycles. The first-order valence-corrected chi connectivity index (χ1v) is 6.03. The van der Waals surface area contributed by atoms with Crippen LogP contribution in [0.3, 0.4) is 0 Å². The van der Waals surface area contributed by atoms with E-state index < -0.39 is 0 Å². The summed E-state index contributed by atoms with van der Waals surface area (Å²) in [6.07, 6.45) is 2.04. The molecule has 90 valence electrons. The standard InChI is InChI=1S/C13H18BNO2/c1-12-2-4-13(5-3-12)6-7-14-16-10-8-15-9-11-17-14/h2-7,15H,8-11H2,1H3/b7-6+. The summed E-state index contributed by atoms with van der Waals surface area (Å²) < 4.78 is 11.1. The van der Waals surface area contributed by atoms with Crippen molar-refractivity contribution in [2.45, 2.75) is 6.92 Å². The minimum atomic E-state index is -0.224. The van der Waals surface area contributed by atoms with Crippen LogP contribution in [0.4, 0.5) is 0 Å². The van der Waals surface area contributed by atoms with E-state index in [1.54, 1.807) is 0 Å². The lowest BCUT2D eigenvalue weighted by atomic mass is 9.88. The zero-order chi connectivity index (χ0) is 11.9. The minimum absolute atomic E-state index is 0.224. The Morgan fingerprint density at radius 3 is 2.41 bits per heavy atom. The second kappa shape index (κ2) is 6.59. The molecule has 0 amide bonds. The first-order chi connectivity index (χ1) is 8.34. The van der Waals surface area contributed by atoms with Gasteiger partial charge in [-0.25, -0.2) is 0 Å². The number of hydrogen-bond acceptors (Lipinski definition) is 3. The number of rotatable bonds is 2. The Hall–Kier alpha value is -1.10. The Kier molecular flexibility index (Phi) is 4.80. The zero-order valence-corrected chi connectivity index (χ0v) is 10.2. The van der Waals surface area contributed by atoms with Crippen molar-refractivity contribution in [1.82, 2.24) is 5.32 Å². The summed E-state index contributed by atoms with van der Waals surface area (Å²) in [4.78, 5) is 0. The highest BCUT2D eigenvalue weighted by Crippen LogP contribution is 2.06. The van der Waals surface area contributed by atoms with Crippen molar-refractivity contribution in [1.29, 1.82) is 0 Å². The topological polar surface area (TPSA) is 30.5 Å². The summed E-state index contributed by atoms with van der Waals surface area (Å²) in [6, 6.07) is 8.39. The average Bonchev–Trinajstić information content (AvgIpc) is 2.30. The van der Waals surface area contributed by atoms with Crippen LogP contribution in [0, 0.1) is 6.92 Å². The molecule has 0 spiro atoms. The summed E-state index contributed by atoms with van der Waals surface area (Å²) in [5, 5.41) is 3.21. The van der Waals surface area contributed by atoms with E-state index in [-0.39, 0.29) is 7.12 Å². The van der Waals surface area contributed by atoms with Crippen LogP contribution in [0.1, 0.15) is 11.1 Å². The van der Waals surface area contributed by atoms with Gasteiger partial charge in [-0.05, 0) is 12.5 Å². The molecule has 3 nitrogen and oxygen atoms in total. The molecule has 0 radical (unpaired) electrons. The van der Waals surface area contributed by atoms with Crippen molar-refractivity contribution in [3.8, 4) is 0 Å². The van der Waals surface area contributed by atoms with E-state index in [4.69, 9.17) is 9.31 Å². The van der Waals surface area contributed by atoms with Gasteiger partial charge in [-0.15, -0.1) is 0 Å². The van der Waals surface area contributed by atoms with Crippen LogP contribution < -0.4 is 5.32 Å². The van der Waals surface area contributed by atoms with Crippen molar-refractivity contribution < 1.29 is 9.31 Å². The van der Waals surface area contributed by atoms with Crippen LogP contribution in [-0.4, -0.2) is 33.4 Å². The van der Waals surface area contributed by atoms with Crippen molar-refractivity contribution in [3.05, 3.63) is 41.4 Å². The van der Waals surface area contributed by atoms with Gasteiger partial charge in [0.25, 0.3) is 0 Å². The second-order valence-electron chi connectivity index (χ2n) is 4.13. The quantitative estimate of drug-likeness (QED) is 0.785. The molecule has 4 heteroatoms. The Balaban J connectivity index is 1.91. The van der Waals surface area contributed by atoms with E-state index in [2.05, 4.69) is 36.5 Å². The predicted octanol–water partition coefficient (Wildman–Crippen LogP) is 1.67. The number of aryl methyl sites for hydroxylation is 1. The maximum Gasteiger partial charge on any atom is 0.486 e. The van der Waals surface area contributed by atoms with Gasteiger partial charge in [0.05, 0.1) is 0 Å². The molecule has 0 unspecified atom stereocenters. The molecule has 1 aromatic carbocycles. The van der Waals surface area contributed by atoms with Crippen LogP contribution >= 0.6 is 0 Å². The van der Waals surface area contributed by atoms with E-state index in [0.717, 1.165) is 13.1 Å². The molecule has 2 rings (SSSR count). The van der Waals surface area contributed by atoms with E-state index in [1.807, 2.05) is 12.1 Å². The lowest BCUT2D eigenvalue weighted by molar-refractivity contribution is 0.186. The molecule has 0 atom stereocenters. The van der Waals surface area contributed by atoms with Crippen molar-refractivity contribution >= 4 is 13.2 Å². The van der Waals surface area contributed by atoms with Crippen molar-refractivity contribution in [2.24, 2.45) is 0 Å². The summed E-state index contributed by atoms with van der Waals surface area (Å²) in [7, 11) is -0.224. The molecule has 1 aliphatic heterocycles. The molecular weight excluding hydrogens is 213 g/mol. The first-order valence-electron chi connectivity index (χ1n) is 6.03. The molecule has 0 aliphatic carbocycles. The summed E-state index contributed by atoms with van der Waals surface area (Å²) >= 11 is 0. The maximum atomic E-state index is 5.56. The zero-order valence-electron chi connectivity index (χ0n) is 10.2. The molecule has 1 N–H and O–H groups in total. The van der Waals surface area contributed by atoms with Gasteiger partial charge in [0.15, 0.2) is 0 Å². The summed E-state index contributed by atoms with van der Waals surface area (Å²) in [5.41, 5.74) is 2.44. The molecular formula is C13H18BNO2. The second-order valence-corrected chi connectivity index (χ2v) is 4.13. The lowest BCUT2D eigenvalue weighted by Gasteiger charge is -2.16. The van der Waals surface area contributed by atoms with Crippen LogP contribution in [0.15, 0.2) is 30.2 Å². The molecule has 1 saturated heterocycles. The third kappa shape index (κ3) is 4.34. The molecule has 1 aliphatic rings. The smallest absolute Gasteiger partial charge is 0.406 e. The molecule has 0 bridgehead atoms. The Morgan fingerprint density at radius 1 is 1.12 bits per heavy atom. The Morgan fingerprint density at radius 2 is 1.76 bits per heavy atom. The predicted molar refractivity (Wildman–Crippen MR) is 70.7 cm³/mol. The minimum Gasteiger partial charge on any atom is -0.406 e. The molecule has 1 fully saturated rings. The number of nitrogens with one attached hydrogen (secondary N) is 1. The van der Waals surface area contributed by atoms with E-state index >= 15 is 0 Å². The fourth-order valence-electron chi connectivity index (χ4n) is 1.65. The van der Waals surface area contributed by atoms with E-state index in [1.165, 1.54) is 11.1 Å². The number of benzene rings is 1. The van der Waals surface area contributed by atoms with Crippen LogP contribution in [0.25, 0.3) is 6.08 Å². The van der Waals surface area contributed by atoms with Gasteiger partial charge in [0.1, 0.15) is 0 Å². The summed E-state index contributed by atoms with van der Waals surface area (Å²) in [5.74, 6) is 1.97. The SMILES string of the molecule is Cc1ccc(/C=C/B2OCCNCCO2)cc1. The van der Waals surface area contributed by atoms with Crippen molar-refractivity contribution in [3.63, 3.8) is 0 Å². The molecule has 1 aromatic rings. The monoisotopic (exact) mass is 231 g/mol. The summed E-state index contributed by atoms with van der Waals surface area (Å²) in [6.45, 7) is 5.23. The van der Waals surface area contributed by atoms with Gasteiger partial charge < -0.3 is 14.6 Å². The highest BCUT2D eigenvalue weighted by Gasteiger charge is 2.15. The molecule has 17 heavy (non-hydrogen) atoms. The molecule has 1 heterocycles. The van der Waals surface area contributed by atoms with Crippen molar-refractivity contribution in [2.75, 3.05) is 26.3 Å². The van der Waals surface area contributed by atoms with Crippen LogP contribution in [0.2, 0.25) is 0 Å². The van der Waals surface area contributed by atoms with E-state index in [9.17, 15) is 0 Å². The highest BCUT2D eigenvalue weighted by atomic mass is 16.6. The van der Waals surface area contributed by atoms with Gasteiger partial charge in [-0.1, -0.05) is 41.9 Å². The molecule has 0 saturated carbocycles. The normalized spacial score (nSPS) is 18.1. The average molecular weight is 231 g/mol. The van der Waals surface area contributed by atoms with E-state index in [0.29, 0.717) is 13.2 Å². The van der Waals surface area contributed by atoms with Crippen LogP contribution in [0.5, 0.6) is 0 Å². The number of hydrogen-bond donors (Lipinski definition) is 1. The van der Waals surface area contributed by atoms with Gasteiger partial charge in [0, 0.05) is 26.3 Å². The van der Waals surface area contributed by atoms with Crippen LogP contribution in [-0.2, 0) is 9.31 Å². The van der Waals surface area contributed by atoms with Gasteiger partial charge in [-0.3, -0.25) is 0 Å².